The van der Waals surface area contributed by atoms with Crippen molar-refractivity contribution in [1.29, 1.82) is 0 Å². The molecule has 0 unspecified atom stereocenters. The Hall–Kier alpha value is -3.18. The van der Waals surface area contributed by atoms with E-state index >= 15 is 0 Å². The first-order chi connectivity index (χ1) is 15.9. The molecule has 1 aliphatic carbocycles. The van der Waals surface area contributed by atoms with Gasteiger partial charge >= 0.3 is 0 Å². The van der Waals surface area contributed by atoms with Crippen LogP contribution in [0.15, 0.2) is 71.5 Å². The summed E-state index contributed by atoms with van der Waals surface area (Å²) >= 11 is 0. The van der Waals surface area contributed by atoms with E-state index in [-0.39, 0.29) is 5.56 Å². The van der Waals surface area contributed by atoms with Crippen LogP contribution in [0, 0.1) is 0 Å². The molecule has 2 aromatic carbocycles. The van der Waals surface area contributed by atoms with Crippen molar-refractivity contribution in [3.8, 4) is 0 Å². The maximum absolute atomic E-state index is 12.1. The van der Waals surface area contributed by atoms with Gasteiger partial charge in [0.2, 0.25) is 0 Å². The third-order valence-electron chi connectivity index (χ3n) is 7.75. The van der Waals surface area contributed by atoms with Crippen LogP contribution in [0.5, 0.6) is 0 Å². The molecule has 0 atom stereocenters. The number of carbonyl (C=O) groups is 1. The smallest absolute Gasteiger partial charge is 0.199 e. The van der Waals surface area contributed by atoms with Crippen molar-refractivity contribution in [2.24, 2.45) is 0 Å². The number of hydrogen-bond acceptors (Lipinski definition) is 3. The minimum atomic E-state index is -2.02. The Morgan fingerprint density at radius 2 is 1.79 bits per heavy atom. The zero-order valence-corrected chi connectivity index (χ0v) is 20.2. The molecule has 0 N–H and O–H groups in total. The van der Waals surface area contributed by atoms with Gasteiger partial charge in [0.15, 0.2) is 5.71 Å². The van der Waals surface area contributed by atoms with E-state index in [1.807, 2.05) is 12.1 Å². The zero-order chi connectivity index (χ0) is 22.7. The second kappa shape index (κ2) is 7.42. The molecule has 2 saturated heterocycles. The molecule has 2 aromatic rings. The van der Waals surface area contributed by atoms with Crippen LogP contribution in [0.1, 0.15) is 34.3 Å². The number of carboxylic acids is 1. The first-order valence-electron chi connectivity index (χ1n) is 11.9. The van der Waals surface area contributed by atoms with E-state index in [9.17, 15) is 9.90 Å². The lowest BCUT2D eigenvalue weighted by molar-refractivity contribution is -0.582. The highest BCUT2D eigenvalue weighted by Gasteiger charge is 2.41. The molecule has 0 spiro atoms. The fourth-order valence-electron chi connectivity index (χ4n) is 5.54. The van der Waals surface area contributed by atoms with Crippen LogP contribution in [0.2, 0.25) is 13.1 Å². The molecule has 2 fully saturated rings. The highest BCUT2D eigenvalue weighted by molar-refractivity contribution is 6.98. The Bertz CT molecular complexity index is 1320. The normalized spacial score (nSPS) is 20.5. The van der Waals surface area contributed by atoms with Crippen molar-refractivity contribution in [3.05, 3.63) is 88.2 Å². The Labute approximate surface area is 195 Å². The fourth-order valence-corrected chi connectivity index (χ4v) is 8.61. The number of fused-ring (bicyclic) bond motifs is 2. The first-order valence-corrected chi connectivity index (χ1v) is 14.9. The summed E-state index contributed by atoms with van der Waals surface area (Å²) in [6.45, 7) is 9.32. The lowest BCUT2D eigenvalue weighted by Gasteiger charge is -2.40. The van der Waals surface area contributed by atoms with Crippen LogP contribution < -0.4 is 15.2 Å². The molecule has 0 saturated carbocycles. The number of aromatic carboxylic acids is 1. The molecule has 3 heterocycles. The minimum Gasteiger partial charge on any atom is -0.545 e. The molecule has 6 rings (SSSR count). The second-order valence-electron chi connectivity index (χ2n) is 9.97. The van der Waals surface area contributed by atoms with Crippen LogP contribution >= 0.6 is 0 Å². The van der Waals surface area contributed by atoms with Crippen molar-refractivity contribution < 1.29 is 14.5 Å². The molecule has 0 amide bonds. The summed E-state index contributed by atoms with van der Waals surface area (Å²) < 4.78 is 2.44. The summed E-state index contributed by atoms with van der Waals surface area (Å²) in [5.41, 5.74) is 6.95. The molecule has 0 bridgehead atoms. The molecule has 3 aliphatic heterocycles. The third-order valence-corrected chi connectivity index (χ3v) is 11.3. The molecule has 4 aliphatic rings. The van der Waals surface area contributed by atoms with Gasteiger partial charge in [-0.15, -0.1) is 0 Å². The molecule has 33 heavy (non-hydrogen) atoms. The Morgan fingerprint density at radius 1 is 1.00 bits per heavy atom. The van der Waals surface area contributed by atoms with Gasteiger partial charge in [0.25, 0.3) is 0 Å². The Morgan fingerprint density at radius 3 is 2.45 bits per heavy atom. The van der Waals surface area contributed by atoms with Crippen LogP contribution in [0.3, 0.4) is 0 Å². The Balaban J connectivity index is 1.64. The lowest BCUT2D eigenvalue weighted by Crippen LogP contribution is -2.50. The fraction of sp³-hybridized carbons (Fsp3) is 0.286. The van der Waals surface area contributed by atoms with E-state index in [1.54, 1.807) is 12.1 Å². The average Bonchev–Trinajstić information content (AvgIpc) is 2.72. The van der Waals surface area contributed by atoms with E-state index in [0.29, 0.717) is 0 Å². The van der Waals surface area contributed by atoms with Gasteiger partial charge in [-0.2, -0.15) is 0 Å². The van der Waals surface area contributed by atoms with Gasteiger partial charge in [-0.25, -0.2) is 4.58 Å². The Kier molecular flexibility index (Phi) is 4.59. The molecule has 0 aromatic heterocycles. The van der Waals surface area contributed by atoms with Crippen molar-refractivity contribution in [2.45, 2.75) is 25.9 Å². The predicted octanol–water partition coefficient (Wildman–Crippen LogP) is 2.88. The highest BCUT2D eigenvalue weighted by atomic mass is 28.3. The second-order valence-corrected chi connectivity index (χ2v) is 14.3. The summed E-state index contributed by atoms with van der Waals surface area (Å²) in [7, 11) is -2.02. The van der Waals surface area contributed by atoms with Crippen molar-refractivity contribution in [1.82, 2.24) is 0 Å². The van der Waals surface area contributed by atoms with Crippen molar-refractivity contribution in [3.63, 3.8) is 0 Å². The SMILES string of the molecule is C[Si]1(C)C2=CC(=[N+]3CCC3)C=CC2=C(c2ccccc2C(=O)[O-])c2ccc(N3CCC3)cc21. The lowest BCUT2D eigenvalue weighted by atomic mass is 9.87. The van der Waals surface area contributed by atoms with Gasteiger partial charge in [0, 0.05) is 36.5 Å². The number of carbonyl (C=O) groups excluding carboxylic acids is 1. The first kappa shape index (κ1) is 20.4. The van der Waals surface area contributed by atoms with Gasteiger partial charge in [0.1, 0.15) is 21.2 Å². The number of rotatable bonds is 3. The van der Waals surface area contributed by atoms with Gasteiger partial charge in [-0.1, -0.05) is 43.4 Å². The summed E-state index contributed by atoms with van der Waals surface area (Å²) in [5, 5.41) is 14.9. The average molecular weight is 453 g/mol. The maximum atomic E-state index is 12.1. The van der Waals surface area contributed by atoms with Crippen LogP contribution in [-0.2, 0) is 0 Å². The quantitative estimate of drug-likeness (QED) is 0.532. The molecule has 166 valence electrons. The summed E-state index contributed by atoms with van der Waals surface area (Å²) in [6.07, 6.45) is 9.32. The van der Waals surface area contributed by atoms with E-state index in [0.717, 1.165) is 37.3 Å². The zero-order valence-electron chi connectivity index (χ0n) is 19.2. The number of nitrogens with zero attached hydrogens (tertiary/aromatic N) is 2. The highest BCUT2D eigenvalue weighted by Crippen LogP contribution is 2.43. The van der Waals surface area contributed by atoms with E-state index < -0.39 is 14.0 Å². The van der Waals surface area contributed by atoms with E-state index in [4.69, 9.17) is 0 Å². The van der Waals surface area contributed by atoms with Gasteiger partial charge in [0.05, 0.1) is 12.4 Å². The van der Waals surface area contributed by atoms with Crippen LogP contribution in [-0.4, -0.2) is 50.5 Å². The van der Waals surface area contributed by atoms with Gasteiger partial charge in [-0.05, 0) is 57.3 Å². The maximum Gasteiger partial charge on any atom is 0.199 e. The largest absolute Gasteiger partial charge is 0.545 e. The van der Waals surface area contributed by atoms with E-state index in [2.05, 4.69) is 59.0 Å². The molecule has 5 heteroatoms. The number of benzene rings is 2. The number of allylic oxidation sites excluding steroid dienone is 5. The third kappa shape index (κ3) is 3.10. The van der Waals surface area contributed by atoms with Crippen LogP contribution in [0.4, 0.5) is 5.69 Å². The molecule has 4 nitrogen and oxygen atoms in total. The number of hydrogen-bond donors (Lipinski definition) is 0. The molecular weight excluding hydrogens is 424 g/mol. The van der Waals surface area contributed by atoms with Crippen molar-refractivity contribution >= 4 is 36.2 Å². The van der Waals surface area contributed by atoms with Gasteiger partial charge < -0.3 is 14.8 Å². The predicted molar refractivity (Wildman–Crippen MR) is 134 cm³/mol. The van der Waals surface area contributed by atoms with Gasteiger partial charge in [-0.3, -0.25) is 0 Å². The topological polar surface area (TPSA) is 46.4 Å². The molecule has 0 radical (unpaired) electrons. The van der Waals surface area contributed by atoms with E-state index in [1.165, 1.54) is 45.8 Å². The standard InChI is InChI=1S/C28H28N2O2Si/c1-33(2)25-17-19(29-13-5-14-29)9-11-23(25)27(21-7-3-4-8-22(21)28(31)32)24-12-10-20(18-26(24)33)30-15-6-16-30/h3-4,7-12,17-18H,5-6,13-16H2,1-2H3. The molecular formula is C28H28N2O2Si. The monoisotopic (exact) mass is 452 g/mol. The number of anilines is 1. The minimum absolute atomic E-state index is 0.254. The summed E-state index contributed by atoms with van der Waals surface area (Å²) in [5.74, 6) is -1.13. The summed E-state index contributed by atoms with van der Waals surface area (Å²) in [6, 6.07) is 14.1. The van der Waals surface area contributed by atoms with Crippen LogP contribution in [0.25, 0.3) is 5.57 Å². The number of carboxylic acid groups (broad SMARTS) is 1. The van der Waals surface area contributed by atoms with Crippen molar-refractivity contribution in [2.75, 3.05) is 31.1 Å². The summed E-state index contributed by atoms with van der Waals surface area (Å²) in [4.78, 5) is 14.5.